The molecule has 0 unspecified atom stereocenters. The summed E-state index contributed by atoms with van der Waals surface area (Å²) in [5, 5.41) is 2.38. The number of piperidine rings is 1. The molecule has 1 saturated heterocycles. The fourth-order valence-electron chi connectivity index (χ4n) is 2.29. The van der Waals surface area contributed by atoms with E-state index >= 15 is 0 Å². The summed E-state index contributed by atoms with van der Waals surface area (Å²) in [6, 6.07) is 4.03. The van der Waals surface area contributed by atoms with Crippen LogP contribution in [-0.4, -0.2) is 40.0 Å². The first-order valence-corrected chi connectivity index (χ1v) is 7.95. The molecule has 0 bridgehead atoms. The minimum atomic E-state index is -0.0798. The number of halogens is 1. The highest BCUT2D eigenvalue weighted by Gasteiger charge is 2.26. The lowest BCUT2D eigenvalue weighted by atomic mass is 10.1. The van der Waals surface area contributed by atoms with E-state index in [1.807, 2.05) is 22.4 Å². The van der Waals surface area contributed by atoms with Gasteiger partial charge >= 0.3 is 6.01 Å². The summed E-state index contributed by atoms with van der Waals surface area (Å²) in [5.74, 6) is 0.0651. The van der Waals surface area contributed by atoms with Crippen molar-refractivity contribution in [3.05, 3.63) is 39.8 Å². The van der Waals surface area contributed by atoms with E-state index in [-0.39, 0.29) is 12.0 Å². The molecule has 1 amide bonds. The van der Waals surface area contributed by atoms with Gasteiger partial charge in [-0.25, -0.2) is 9.97 Å². The number of rotatable bonds is 3. The van der Waals surface area contributed by atoms with Gasteiger partial charge in [-0.2, -0.15) is 0 Å². The molecule has 5 nitrogen and oxygen atoms in total. The normalized spacial score (nSPS) is 18.5. The molecule has 21 heavy (non-hydrogen) atoms. The second kappa shape index (κ2) is 6.41. The molecule has 2 aromatic rings. The Morgan fingerprint density at radius 2 is 2.24 bits per heavy atom. The largest absolute Gasteiger partial charge is 0.458 e. The van der Waals surface area contributed by atoms with Gasteiger partial charge in [0, 0.05) is 6.54 Å². The van der Waals surface area contributed by atoms with Gasteiger partial charge in [-0.1, -0.05) is 17.7 Å². The number of carbonyl (C=O) groups is 1. The lowest BCUT2D eigenvalue weighted by molar-refractivity contribution is 0.0520. The van der Waals surface area contributed by atoms with Crippen molar-refractivity contribution in [3.63, 3.8) is 0 Å². The van der Waals surface area contributed by atoms with Gasteiger partial charge in [0.25, 0.3) is 5.91 Å². The molecule has 110 valence electrons. The number of hydrogen-bond acceptors (Lipinski definition) is 5. The van der Waals surface area contributed by atoms with Crippen molar-refractivity contribution < 1.29 is 9.53 Å². The standard InChI is InChI=1S/C14H14ClN3O2S/c15-10-7-16-14(17-8-10)20-11-3-1-5-18(9-11)13(19)12-4-2-6-21-12/h2,4,6-8,11H,1,3,5,9H2/t11-/m1/s1. The maximum atomic E-state index is 12.3. The monoisotopic (exact) mass is 323 g/mol. The van der Waals surface area contributed by atoms with E-state index in [1.54, 1.807) is 0 Å². The van der Waals surface area contributed by atoms with Crippen molar-refractivity contribution in [1.82, 2.24) is 14.9 Å². The molecule has 1 atom stereocenters. The van der Waals surface area contributed by atoms with Gasteiger partial charge in [0.05, 0.1) is 28.8 Å². The molecule has 1 fully saturated rings. The second-order valence-corrected chi connectivity index (χ2v) is 6.18. The fourth-order valence-corrected chi connectivity index (χ4v) is 3.07. The van der Waals surface area contributed by atoms with Gasteiger partial charge in [0.1, 0.15) is 6.10 Å². The second-order valence-electron chi connectivity index (χ2n) is 4.79. The number of carbonyl (C=O) groups excluding carboxylic acids is 1. The molecule has 0 spiro atoms. The van der Waals surface area contributed by atoms with Gasteiger partial charge in [-0.3, -0.25) is 4.79 Å². The average molecular weight is 324 g/mol. The van der Waals surface area contributed by atoms with Crippen molar-refractivity contribution in [1.29, 1.82) is 0 Å². The van der Waals surface area contributed by atoms with E-state index in [4.69, 9.17) is 16.3 Å². The predicted molar refractivity (Wildman–Crippen MR) is 80.9 cm³/mol. The molecule has 0 radical (unpaired) electrons. The van der Waals surface area contributed by atoms with Gasteiger partial charge in [-0.05, 0) is 24.3 Å². The maximum absolute atomic E-state index is 12.3. The first kappa shape index (κ1) is 14.3. The third-order valence-corrected chi connectivity index (χ3v) is 4.32. The van der Waals surface area contributed by atoms with Crippen molar-refractivity contribution >= 4 is 28.8 Å². The van der Waals surface area contributed by atoms with Gasteiger partial charge in [-0.15, -0.1) is 11.3 Å². The number of likely N-dealkylation sites (tertiary alicyclic amines) is 1. The molecule has 0 aliphatic carbocycles. The summed E-state index contributed by atoms with van der Waals surface area (Å²) in [6.45, 7) is 1.32. The van der Waals surface area contributed by atoms with Crippen LogP contribution >= 0.6 is 22.9 Å². The van der Waals surface area contributed by atoms with Crippen LogP contribution in [0.2, 0.25) is 5.02 Å². The Morgan fingerprint density at radius 3 is 2.95 bits per heavy atom. The number of thiophene rings is 1. The van der Waals surface area contributed by atoms with E-state index in [0.717, 1.165) is 24.3 Å². The first-order chi connectivity index (χ1) is 10.2. The fraction of sp³-hybridized carbons (Fsp3) is 0.357. The minimum absolute atomic E-state index is 0.0651. The molecular formula is C14H14ClN3O2S. The van der Waals surface area contributed by atoms with Crippen LogP contribution in [0.15, 0.2) is 29.9 Å². The maximum Gasteiger partial charge on any atom is 0.316 e. The molecule has 1 aliphatic rings. The van der Waals surface area contributed by atoms with Crippen LogP contribution in [0.1, 0.15) is 22.5 Å². The Labute approximate surface area is 131 Å². The third kappa shape index (κ3) is 3.51. The number of nitrogens with zero attached hydrogens (tertiary/aromatic N) is 3. The molecule has 0 saturated carbocycles. The van der Waals surface area contributed by atoms with E-state index in [0.29, 0.717) is 17.6 Å². The van der Waals surface area contributed by atoms with Crippen molar-refractivity contribution in [2.24, 2.45) is 0 Å². The summed E-state index contributed by atoms with van der Waals surface area (Å²) in [7, 11) is 0. The van der Waals surface area contributed by atoms with Gasteiger partial charge in [0.2, 0.25) is 0 Å². The van der Waals surface area contributed by atoms with E-state index in [2.05, 4.69) is 9.97 Å². The number of hydrogen-bond donors (Lipinski definition) is 0. The first-order valence-electron chi connectivity index (χ1n) is 6.69. The Kier molecular flexibility index (Phi) is 4.36. The number of aromatic nitrogens is 2. The van der Waals surface area contributed by atoms with Crippen molar-refractivity contribution in [2.75, 3.05) is 13.1 Å². The van der Waals surface area contributed by atoms with Crippen LogP contribution < -0.4 is 4.74 Å². The topological polar surface area (TPSA) is 55.3 Å². The predicted octanol–water partition coefficient (Wildman–Crippen LogP) is 2.88. The van der Waals surface area contributed by atoms with E-state index in [1.165, 1.54) is 23.7 Å². The van der Waals surface area contributed by atoms with Crippen LogP contribution in [0.4, 0.5) is 0 Å². The number of ether oxygens (including phenoxy) is 1. The van der Waals surface area contributed by atoms with Gasteiger partial charge < -0.3 is 9.64 Å². The Balaban J connectivity index is 1.63. The average Bonchev–Trinajstić information content (AvgIpc) is 3.03. The lowest BCUT2D eigenvalue weighted by Crippen LogP contribution is -2.44. The Bertz CT molecular complexity index is 603. The molecular weight excluding hydrogens is 310 g/mol. The van der Waals surface area contributed by atoms with Crippen LogP contribution in [-0.2, 0) is 0 Å². The smallest absolute Gasteiger partial charge is 0.316 e. The molecule has 7 heteroatoms. The Hall–Kier alpha value is -1.66. The third-order valence-electron chi connectivity index (χ3n) is 3.27. The molecule has 1 aliphatic heterocycles. The van der Waals surface area contributed by atoms with Crippen LogP contribution in [0, 0.1) is 0 Å². The van der Waals surface area contributed by atoms with E-state index in [9.17, 15) is 4.79 Å². The summed E-state index contributed by atoms with van der Waals surface area (Å²) in [4.78, 5) is 23.0. The van der Waals surface area contributed by atoms with Gasteiger partial charge in [0.15, 0.2) is 0 Å². The van der Waals surface area contributed by atoms with Crippen LogP contribution in [0.25, 0.3) is 0 Å². The van der Waals surface area contributed by atoms with Crippen molar-refractivity contribution in [2.45, 2.75) is 18.9 Å². The van der Waals surface area contributed by atoms with E-state index < -0.39 is 0 Å². The summed E-state index contributed by atoms with van der Waals surface area (Å²) < 4.78 is 5.74. The SMILES string of the molecule is O=C(c1cccs1)N1CCC[C@@H](Oc2ncc(Cl)cn2)C1. The molecule has 3 heterocycles. The summed E-state index contributed by atoms with van der Waals surface area (Å²) >= 11 is 7.20. The zero-order valence-electron chi connectivity index (χ0n) is 11.2. The molecule has 0 aromatic carbocycles. The van der Waals surface area contributed by atoms with Crippen LogP contribution in [0.3, 0.4) is 0 Å². The minimum Gasteiger partial charge on any atom is -0.458 e. The molecule has 0 N–H and O–H groups in total. The zero-order valence-corrected chi connectivity index (χ0v) is 12.8. The Morgan fingerprint density at radius 1 is 1.43 bits per heavy atom. The number of amides is 1. The van der Waals surface area contributed by atoms with Crippen LogP contribution in [0.5, 0.6) is 6.01 Å². The van der Waals surface area contributed by atoms with Crippen molar-refractivity contribution in [3.8, 4) is 6.01 Å². The highest BCUT2D eigenvalue weighted by Crippen LogP contribution is 2.19. The summed E-state index contributed by atoms with van der Waals surface area (Å²) in [5.41, 5.74) is 0. The molecule has 2 aromatic heterocycles. The summed E-state index contributed by atoms with van der Waals surface area (Å²) in [6.07, 6.45) is 4.72. The highest BCUT2D eigenvalue weighted by atomic mass is 35.5. The highest BCUT2D eigenvalue weighted by molar-refractivity contribution is 7.12. The zero-order chi connectivity index (χ0) is 14.7. The lowest BCUT2D eigenvalue weighted by Gasteiger charge is -2.32. The molecule has 3 rings (SSSR count). The quantitative estimate of drug-likeness (QED) is 0.871.